The van der Waals surface area contributed by atoms with Crippen LogP contribution in [0.1, 0.15) is 47.1 Å². The Hall–Kier alpha value is -3.25. The lowest BCUT2D eigenvalue weighted by atomic mass is 10.0. The van der Waals surface area contributed by atoms with Crippen molar-refractivity contribution in [2.45, 2.75) is 33.6 Å². The number of anilines is 1. The topological polar surface area (TPSA) is 59.8 Å². The highest BCUT2D eigenvalue weighted by Crippen LogP contribution is 2.29. The van der Waals surface area contributed by atoms with E-state index in [0.29, 0.717) is 5.82 Å². The fourth-order valence-corrected chi connectivity index (χ4v) is 3.98. The summed E-state index contributed by atoms with van der Waals surface area (Å²) in [6, 6.07) is 21.8. The summed E-state index contributed by atoms with van der Waals surface area (Å²) in [4.78, 5) is 17.8. The molecule has 0 unspecified atom stereocenters. The van der Waals surface area contributed by atoms with Crippen molar-refractivity contribution in [3.05, 3.63) is 93.7 Å². The van der Waals surface area contributed by atoms with Crippen LogP contribution in [0.3, 0.4) is 0 Å². The maximum atomic E-state index is 13.2. The molecule has 32 heavy (non-hydrogen) atoms. The zero-order valence-electron chi connectivity index (χ0n) is 18.6. The molecule has 0 aliphatic heterocycles. The first-order chi connectivity index (χ1) is 15.3. The Morgan fingerprint density at radius 1 is 1.00 bits per heavy atom. The first-order valence-electron chi connectivity index (χ1n) is 10.5. The van der Waals surface area contributed by atoms with Crippen LogP contribution in [0.25, 0.3) is 17.1 Å². The lowest BCUT2D eigenvalue weighted by Gasteiger charge is -2.13. The summed E-state index contributed by atoms with van der Waals surface area (Å²) in [5, 5.41) is 7.64. The summed E-state index contributed by atoms with van der Waals surface area (Å²) >= 11 is 3.51. The van der Waals surface area contributed by atoms with Crippen molar-refractivity contribution in [3.63, 3.8) is 0 Å². The van der Waals surface area contributed by atoms with E-state index in [-0.39, 0.29) is 17.6 Å². The van der Waals surface area contributed by atoms with E-state index in [1.54, 1.807) is 4.68 Å². The molecular weight excluding hydrogens is 464 g/mol. The quantitative estimate of drug-likeness (QED) is 0.340. The lowest BCUT2D eigenvalue weighted by molar-refractivity contribution is 0.101. The molecule has 1 aromatic heterocycles. The predicted octanol–water partition coefficient (Wildman–Crippen LogP) is 6.69. The summed E-state index contributed by atoms with van der Waals surface area (Å²) in [5.74, 6) is 0.672. The third-order valence-corrected chi connectivity index (χ3v) is 5.81. The Morgan fingerprint density at radius 3 is 2.47 bits per heavy atom. The average molecular weight is 489 g/mol. The Kier molecular flexibility index (Phi) is 6.24. The molecule has 4 aromatic rings. The largest absolute Gasteiger partial charge is 0.319 e. The highest BCUT2D eigenvalue weighted by Gasteiger charge is 2.21. The number of aryl methyl sites for hydroxylation is 2. The van der Waals surface area contributed by atoms with Gasteiger partial charge in [0.05, 0.1) is 5.69 Å². The zero-order valence-corrected chi connectivity index (χ0v) is 20.1. The number of carbonyl (C=O) groups excluding carboxylic acids is 1. The fraction of sp³-hybridized carbons (Fsp3) is 0.192. The second kappa shape index (κ2) is 9.09. The average Bonchev–Trinajstić information content (AvgIpc) is 3.22. The van der Waals surface area contributed by atoms with Gasteiger partial charge in [0.1, 0.15) is 0 Å². The molecule has 0 saturated heterocycles. The van der Waals surface area contributed by atoms with Crippen LogP contribution in [-0.4, -0.2) is 20.7 Å². The number of carbonyl (C=O) groups is 1. The highest BCUT2D eigenvalue weighted by molar-refractivity contribution is 9.10. The molecule has 5 nitrogen and oxygen atoms in total. The number of hydrogen-bond acceptors (Lipinski definition) is 3. The van der Waals surface area contributed by atoms with Gasteiger partial charge in [-0.1, -0.05) is 72.2 Å². The van der Waals surface area contributed by atoms with Crippen molar-refractivity contribution in [1.82, 2.24) is 14.8 Å². The van der Waals surface area contributed by atoms with Gasteiger partial charge in [-0.3, -0.25) is 4.79 Å². The maximum Gasteiger partial charge on any atom is 0.295 e. The molecule has 4 rings (SSSR count). The van der Waals surface area contributed by atoms with Crippen LogP contribution in [0.2, 0.25) is 0 Å². The van der Waals surface area contributed by atoms with E-state index in [2.05, 4.69) is 63.4 Å². The number of rotatable bonds is 5. The smallest absolute Gasteiger partial charge is 0.295 e. The van der Waals surface area contributed by atoms with E-state index >= 15 is 0 Å². The third kappa shape index (κ3) is 4.50. The Labute approximate surface area is 196 Å². The van der Waals surface area contributed by atoms with Gasteiger partial charge in [0.2, 0.25) is 5.82 Å². The second-order valence-electron chi connectivity index (χ2n) is 8.17. The maximum absolute atomic E-state index is 13.2. The van der Waals surface area contributed by atoms with E-state index < -0.39 is 0 Å². The Morgan fingerprint density at radius 2 is 1.75 bits per heavy atom. The summed E-state index contributed by atoms with van der Waals surface area (Å²) in [6.07, 6.45) is 0. The van der Waals surface area contributed by atoms with Crippen LogP contribution >= 0.6 is 15.9 Å². The number of nitrogens with one attached hydrogen (secondary N) is 1. The predicted molar refractivity (Wildman–Crippen MR) is 132 cm³/mol. The molecule has 0 bridgehead atoms. The summed E-state index contributed by atoms with van der Waals surface area (Å²) in [6.45, 7) is 8.26. The van der Waals surface area contributed by atoms with E-state index in [9.17, 15) is 4.79 Å². The summed E-state index contributed by atoms with van der Waals surface area (Å²) < 4.78 is 2.74. The number of benzene rings is 3. The molecule has 0 atom stereocenters. The molecule has 0 aliphatic carbocycles. The number of halogens is 1. The normalized spacial score (nSPS) is 11.1. The summed E-state index contributed by atoms with van der Waals surface area (Å²) in [7, 11) is 0. The molecule has 1 N–H and O–H groups in total. The molecule has 0 fully saturated rings. The molecule has 0 spiro atoms. The molecule has 162 valence electrons. The fourth-order valence-electron chi connectivity index (χ4n) is 3.60. The van der Waals surface area contributed by atoms with E-state index in [0.717, 1.165) is 38.1 Å². The van der Waals surface area contributed by atoms with Gasteiger partial charge in [-0.25, -0.2) is 9.67 Å². The molecule has 6 heteroatoms. The van der Waals surface area contributed by atoms with Crippen molar-refractivity contribution in [3.8, 4) is 17.1 Å². The van der Waals surface area contributed by atoms with Crippen LogP contribution in [0.15, 0.2) is 71.2 Å². The highest BCUT2D eigenvalue weighted by atomic mass is 79.9. The van der Waals surface area contributed by atoms with Crippen molar-refractivity contribution < 1.29 is 4.79 Å². The summed E-state index contributed by atoms with van der Waals surface area (Å²) in [5.41, 5.74) is 5.78. The Balaban J connectivity index is 1.78. The van der Waals surface area contributed by atoms with E-state index in [1.165, 1.54) is 0 Å². The van der Waals surface area contributed by atoms with Crippen molar-refractivity contribution in [2.75, 3.05) is 5.32 Å². The minimum Gasteiger partial charge on any atom is -0.319 e. The van der Waals surface area contributed by atoms with Gasteiger partial charge >= 0.3 is 0 Å². The van der Waals surface area contributed by atoms with Crippen molar-refractivity contribution in [1.29, 1.82) is 0 Å². The van der Waals surface area contributed by atoms with Crippen LogP contribution in [0, 0.1) is 13.8 Å². The minimum atomic E-state index is -0.338. The molecule has 3 aromatic carbocycles. The van der Waals surface area contributed by atoms with Crippen LogP contribution in [0.5, 0.6) is 0 Å². The SMILES string of the molecule is Cc1ccc(C)c(-n2nc(C(=O)Nc3ccc(Br)cc3C(C)C)nc2-c2ccccc2)c1. The van der Waals surface area contributed by atoms with E-state index in [1.807, 2.05) is 62.4 Å². The first-order valence-corrected chi connectivity index (χ1v) is 11.3. The number of aromatic nitrogens is 3. The van der Waals surface area contributed by atoms with Gasteiger partial charge in [-0.05, 0) is 60.7 Å². The van der Waals surface area contributed by atoms with Crippen molar-refractivity contribution >= 4 is 27.5 Å². The third-order valence-electron chi connectivity index (χ3n) is 5.32. The molecule has 1 amide bonds. The van der Waals surface area contributed by atoms with Crippen LogP contribution in [0.4, 0.5) is 5.69 Å². The second-order valence-corrected chi connectivity index (χ2v) is 9.08. The van der Waals surface area contributed by atoms with Crippen LogP contribution in [-0.2, 0) is 0 Å². The number of amides is 1. The van der Waals surface area contributed by atoms with Crippen molar-refractivity contribution in [2.24, 2.45) is 0 Å². The first kappa shape index (κ1) is 22.0. The number of nitrogens with zero attached hydrogens (tertiary/aromatic N) is 3. The van der Waals surface area contributed by atoms with Gasteiger partial charge in [0, 0.05) is 15.7 Å². The molecule has 0 saturated carbocycles. The zero-order chi connectivity index (χ0) is 22.8. The van der Waals surface area contributed by atoms with Gasteiger partial charge in [0.25, 0.3) is 5.91 Å². The Bertz CT molecular complexity index is 1280. The lowest BCUT2D eigenvalue weighted by Crippen LogP contribution is -2.16. The molecule has 0 radical (unpaired) electrons. The van der Waals surface area contributed by atoms with Gasteiger partial charge in [-0.15, -0.1) is 5.10 Å². The monoisotopic (exact) mass is 488 g/mol. The van der Waals surface area contributed by atoms with Gasteiger partial charge in [0.15, 0.2) is 5.82 Å². The van der Waals surface area contributed by atoms with Gasteiger partial charge < -0.3 is 5.32 Å². The van der Waals surface area contributed by atoms with E-state index in [4.69, 9.17) is 0 Å². The molecular formula is C26H25BrN4O. The molecule has 1 heterocycles. The minimum absolute atomic E-state index is 0.127. The molecule has 0 aliphatic rings. The standard InChI is InChI=1S/C26H25BrN4O/c1-16(2)21-15-20(27)12-13-22(21)28-26(32)24-29-25(19-8-6-5-7-9-19)31(30-24)23-14-17(3)10-11-18(23)4/h5-16H,1-4H3,(H,28,32). The van der Waals surface area contributed by atoms with Crippen LogP contribution < -0.4 is 5.32 Å². The van der Waals surface area contributed by atoms with Gasteiger partial charge in [-0.2, -0.15) is 0 Å². The number of hydrogen-bond donors (Lipinski definition) is 1.